The molecular weight excluding hydrogens is 350 g/mol. The van der Waals surface area contributed by atoms with Crippen LogP contribution in [-0.4, -0.2) is 8.42 Å². The lowest BCUT2D eigenvalue weighted by Gasteiger charge is -2.28. The van der Waals surface area contributed by atoms with Gasteiger partial charge in [0.25, 0.3) is 0 Å². The first-order chi connectivity index (χ1) is 12.0. The number of fused-ring (bicyclic) bond motifs is 2. The molecule has 0 unspecified atom stereocenters. The standard InChI is InChI=1S/C20H17NO2S2/c1-14-10-12-15(13-11-14)25(22,23)21-20-16-6-2-4-8-18(16)24-19-9-5-3-7-17(19)20/h2-13,20-21H,1H3. The van der Waals surface area contributed by atoms with Crippen molar-refractivity contribution < 1.29 is 8.42 Å². The zero-order chi connectivity index (χ0) is 17.4. The summed E-state index contributed by atoms with van der Waals surface area (Å²) in [4.78, 5) is 2.45. The van der Waals surface area contributed by atoms with Crippen molar-refractivity contribution >= 4 is 21.8 Å². The summed E-state index contributed by atoms with van der Waals surface area (Å²) in [6.07, 6.45) is 0. The quantitative estimate of drug-likeness (QED) is 0.740. The minimum Gasteiger partial charge on any atom is -0.207 e. The van der Waals surface area contributed by atoms with Crippen molar-refractivity contribution in [3.8, 4) is 0 Å². The number of nitrogens with one attached hydrogen (secondary N) is 1. The Bertz CT molecular complexity index is 982. The van der Waals surface area contributed by atoms with E-state index in [-0.39, 0.29) is 10.9 Å². The van der Waals surface area contributed by atoms with E-state index >= 15 is 0 Å². The molecule has 1 heterocycles. The highest BCUT2D eigenvalue weighted by Crippen LogP contribution is 2.44. The fourth-order valence-corrected chi connectivity index (χ4v) is 5.31. The van der Waals surface area contributed by atoms with Gasteiger partial charge in [0.1, 0.15) is 0 Å². The van der Waals surface area contributed by atoms with Crippen LogP contribution < -0.4 is 4.72 Å². The molecule has 0 saturated heterocycles. The van der Waals surface area contributed by atoms with Crippen molar-refractivity contribution in [3.05, 3.63) is 89.5 Å². The molecule has 4 rings (SSSR count). The third-order valence-corrected chi connectivity index (χ3v) is 6.91. The van der Waals surface area contributed by atoms with Gasteiger partial charge in [-0.1, -0.05) is 65.9 Å². The Morgan fingerprint density at radius 1 is 0.800 bits per heavy atom. The van der Waals surface area contributed by atoms with E-state index in [9.17, 15) is 8.42 Å². The Kier molecular flexibility index (Phi) is 4.15. The van der Waals surface area contributed by atoms with Crippen LogP contribution in [0, 0.1) is 6.92 Å². The van der Waals surface area contributed by atoms with Crippen molar-refractivity contribution in [3.63, 3.8) is 0 Å². The molecule has 5 heteroatoms. The van der Waals surface area contributed by atoms with Gasteiger partial charge in [0.15, 0.2) is 0 Å². The van der Waals surface area contributed by atoms with E-state index in [1.807, 2.05) is 67.6 Å². The second-order valence-electron chi connectivity index (χ2n) is 6.05. The summed E-state index contributed by atoms with van der Waals surface area (Å²) in [5, 5.41) is 0. The first-order valence-corrected chi connectivity index (χ1v) is 10.3. The van der Waals surface area contributed by atoms with Crippen LogP contribution >= 0.6 is 11.8 Å². The SMILES string of the molecule is Cc1ccc(S(=O)(=O)NC2c3ccccc3Sc3ccccc32)cc1. The van der Waals surface area contributed by atoms with Crippen LogP contribution in [0.1, 0.15) is 22.7 Å². The Morgan fingerprint density at radius 3 is 1.88 bits per heavy atom. The van der Waals surface area contributed by atoms with Crippen LogP contribution in [0.5, 0.6) is 0 Å². The van der Waals surface area contributed by atoms with E-state index in [1.54, 1.807) is 23.9 Å². The topological polar surface area (TPSA) is 46.2 Å². The van der Waals surface area contributed by atoms with E-state index < -0.39 is 10.0 Å². The lowest BCUT2D eigenvalue weighted by Crippen LogP contribution is -2.31. The second-order valence-corrected chi connectivity index (χ2v) is 8.84. The second kappa shape index (κ2) is 6.33. The van der Waals surface area contributed by atoms with Gasteiger partial charge >= 0.3 is 0 Å². The molecule has 3 aromatic rings. The molecule has 1 aliphatic rings. The number of hydrogen-bond acceptors (Lipinski definition) is 3. The molecule has 0 bridgehead atoms. The molecule has 0 saturated carbocycles. The summed E-state index contributed by atoms with van der Waals surface area (Å²) in [6.45, 7) is 1.94. The van der Waals surface area contributed by atoms with Gasteiger partial charge in [-0.3, -0.25) is 0 Å². The van der Waals surface area contributed by atoms with E-state index in [4.69, 9.17) is 0 Å². The van der Waals surface area contributed by atoms with Crippen LogP contribution in [0.25, 0.3) is 0 Å². The number of benzene rings is 3. The van der Waals surface area contributed by atoms with Gasteiger partial charge in [0.05, 0.1) is 10.9 Å². The molecule has 1 N–H and O–H groups in total. The van der Waals surface area contributed by atoms with E-state index in [0.717, 1.165) is 26.5 Å². The first kappa shape index (κ1) is 16.4. The van der Waals surface area contributed by atoms with Crippen LogP contribution in [0.2, 0.25) is 0 Å². The highest BCUT2D eigenvalue weighted by molar-refractivity contribution is 7.99. The van der Waals surface area contributed by atoms with Gasteiger partial charge in [0.2, 0.25) is 10.0 Å². The summed E-state index contributed by atoms with van der Waals surface area (Å²) in [5.41, 5.74) is 3.01. The number of sulfonamides is 1. The van der Waals surface area contributed by atoms with Crippen molar-refractivity contribution in [1.29, 1.82) is 0 Å². The average Bonchev–Trinajstić information content (AvgIpc) is 2.62. The lowest BCUT2D eigenvalue weighted by molar-refractivity contribution is 0.569. The largest absolute Gasteiger partial charge is 0.241 e. The van der Waals surface area contributed by atoms with Gasteiger partial charge in [-0.05, 0) is 42.3 Å². The molecule has 3 aromatic carbocycles. The first-order valence-electron chi connectivity index (χ1n) is 7.99. The van der Waals surface area contributed by atoms with Crippen LogP contribution in [0.4, 0.5) is 0 Å². The van der Waals surface area contributed by atoms with Crippen molar-refractivity contribution in [1.82, 2.24) is 4.72 Å². The number of hydrogen-bond donors (Lipinski definition) is 1. The Hall–Kier alpha value is -2.08. The molecule has 0 aromatic heterocycles. The maximum absolute atomic E-state index is 12.9. The summed E-state index contributed by atoms with van der Waals surface area (Å²) < 4.78 is 28.7. The predicted octanol–water partition coefficient (Wildman–Crippen LogP) is 4.53. The third kappa shape index (κ3) is 3.11. The molecule has 0 amide bonds. The average molecular weight is 367 g/mol. The maximum atomic E-state index is 12.9. The van der Waals surface area contributed by atoms with Gasteiger partial charge in [-0.2, -0.15) is 4.72 Å². The minimum atomic E-state index is -3.62. The Balaban J connectivity index is 1.79. The van der Waals surface area contributed by atoms with Gasteiger partial charge < -0.3 is 0 Å². The molecular formula is C20H17NO2S2. The zero-order valence-corrected chi connectivity index (χ0v) is 15.3. The molecule has 0 spiro atoms. The molecule has 0 atom stereocenters. The van der Waals surface area contributed by atoms with Gasteiger partial charge in [0, 0.05) is 9.79 Å². The monoisotopic (exact) mass is 367 g/mol. The summed E-state index contributed by atoms with van der Waals surface area (Å²) in [7, 11) is -3.62. The lowest BCUT2D eigenvalue weighted by atomic mass is 9.99. The highest BCUT2D eigenvalue weighted by atomic mass is 32.2. The van der Waals surface area contributed by atoms with Crippen molar-refractivity contribution in [2.24, 2.45) is 0 Å². The fourth-order valence-electron chi connectivity index (χ4n) is 2.98. The fraction of sp³-hybridized carbons (Fsp3) is 0.100. The van der Waals surface area contributed by atoms with Crippen molar-refractivity contribution in [2.45, 2.75) is 27.7 Å². The predicted molar refractivity (Wildman–Crippen MR) is 100 cm³/mol. The molecule has 126 valence electrons. The van der Waals surface area contributed by atoms with Gasteiger partial charge in [-0.15, -0.1) is 0 Å². The Labute approximate surface area is 152 Å². The van der Waals surface area contributed by atoms with E-state index in [0.29, 0.717) is 0 Å². The Morgan fingerprint density at radius 2 is 1.32 bits per heavy atom. The smallest absolute Gasteiger partial charge is 0.207 e. The van der Waals surface area contributed by atoms with Crippen LogP contribution in [0.15, 0.2) is 87.5 Å². The minimum absolute atomic E-state index is 0.284. The molecule has 0 aliphatic carbocycles. The van der Waals surface area contributed by atoms with Gasteiger partial charge in [-0.25, -0.2) is 8.42 Å². The summed E-state index contributed by atoms with van der Waals surface area (Å²) >= 11 is 1.68. The molecule has 1 aliphatic heterocycles. The molecule has 0 fully saturated rings. The summed E-state index contributed by atoms with van der Waals surface area (Å²) in [5.74, 6) is 0. The highest BCUT2D eigenvalue weighted by Gasteiger charge is 2.29. The number of aryl methyl sites for hydroxylation is 1. The van der Waals surface area contributed by atoms with E-state index in [2.05, 4.69) is 4.72 Å². The van der Waals surface area contributed by atoms with E-state index in [1.165, 1.54) is 0 Å². The van der Waals surface area contributed by atoms with Crippen LogP contribution in [-0.2, 0) is 10.0 Å². The van der Waals surface area contributed by atoms with Crippen LogP contribution in [0.3, 0.4) is 0 Å². The molecule has 25 heavy (non-hydrogen) atoms. The molecule has 3 nitrogen and oxygen atoms in total. The summed E-state index contributed by atoms with van der Waals surface area (Å²) in [6, 6.07) is 22.4. The normalized spacial score (nSPS) is 14.0. The zero-order valence-electron chi connectivity index (χ0n) is 13.6. The number of rotatable bonds is 3. The third-order valence-electron chi connectivity index (χ3n) is 4.28. The molecule has 0 radical (unpaired) electrons. The maximum Gasteiger partial charge on any atom is 0.241 e. The van der Waals surface area contributed by atoms with Crippen molar-refractivity contribution in [2.75, 3.05) is 0 Å².